The van der Waals surface area contributed by atoms with Crippen molar-refractivity contribution in [3.63, 3.8) is 0 Å². The molecule has 0 radical (unpaired) electrons. The Balaban J connectivity index is 1.70. The third-order valence-corrected chi connectivity index (χ3v) is 4.07. The van der Waals surface area contributed by atoms with Crippen LogP contribution in [0.15, 0.2) is 63.7 Å². The van der Waals surface area contributed by atoms with Crippen LogP contribution in [0, 0.1) is 0 Å². The van der Waals surface area contributed by atoms with Crippen molar-refractivity contribution in [3.05, 3.63) is 69.4 Å². The Morgan fingerprint density at radius 3 is 2.62 bits per heavy atom. The summed E-state index contributed by atoms with van der Waals surface area (Å²) in [5.41, 5.74) is 2.86. The lowest BCUT2D eigenvalue weighted by Crippen LogP contribution is -2.03. The van der Waals surface area contributed by atoms with Crippen LogP contribution in [0.3, 0.4) is 0 Å². The molecule has 0 saturated carbocycles. The summed E-state index contributed by atoms with van der Waals surface area (Å²) in [7, 11) is 0. The fraction of sp³-hybridized carbons (Fsp3) is 0.0667. The monoisotopic (exact) mass is 406 g/mol. The lowest BCUT2D eigenvalue weighted by atomic mass is 10.3. The van der Waals surface area contributed by atoms with Crippen molar-refractivity contribution in [2.45, 2.75) is 6.54 Å². The standard InChI is InChI=1S/C15H12Br2N4/c16-11-6-7-15(14(17)8-11)18-9-12-10-19-21(20-12)13-4-2-1-3-5-13/h1-8,10,18H,9H2. The van der Waals surface area contributed by atoms with E-state index in [2.05, 4.69) is 47.4 Å². The van der Waals surface area contributed by atoms with Crippen LogP contribution in [0.4, 0.5) is 5.69 Å². The van der Waals surface area contributed by atoms with Gasteiger partial charge in [-0.25, -0.2) is 0 Å². The highest BCUT2D eigenvalue weighted by Gasteiger charge is 2.04. The lowest BCUT2D eigenvalue weighted by molar-refractivity contribution is 0.740. The molecule has 1 N–H and O–H groups in total. The number of benzene rings is 2. The highest BCUT2D eigenvalue weighted by molar-refractivity contribution is 9.11. The smallest absolute Gasteiger partial charge is 0.102 e. The van der Waals surface area contributed by atoms with Crippen molar-refractivity contribution in [2.75, 3.05) is 5.32 Å². The largest absolute Gasteiger partial charge is 0.378 e. The van der Waals surface area contributed by atoms with E-state index in [4.69, 9.17) is 0 Å². The Bertz CT molecular complexity index is 740. The Hall–Kier alpha value is -1.66. The molecule has 0 amide bonds. The molecule has 0 saturated heterocycles. The summed E-state index contributed by atoms with van der Waals surface area (Å²) in [5.74, 6) is 0. The minimum atomic E-state index is 0.618. The Kier molecular flexibility index (Phi) is 4.36. The van der Waals surface area contributed by atoms with E-state index in [0.717, 1.165) is 26.0 Å². The Morgan fingerprint density at radius 2 is 1.86 bits per heavy atom. The molecule has 21 heavy (non-hydrogen) atoms. The molecular formula is C15H12Br2N4. The van der Waals surface area contributed by atoms with Gasteiger partial charge in [0.05, 0.1) is 18.4 Å². The normalized spacial score (nSPS) is 10.6. The molecule has 3 rings (SSSR count). The van der Waals surface area contributed by atoms with Gasteiger partial charge in [0.25, 0.3) is 0 Å². The topological polar surface area (TPSA) is 42.7 Å². The summed E-state index contributed by atoms with van der Waals surface area (Å²) in [4.78, 5) is 1.63. The van der Waals surface area contributed by atoms with E-state index in [9.17, 15) is 0 Å². The molecular weight excluding hydrogens is 396 g/mol. The van der Waals surface area contributed by atoms with Gasteiger partial charge in [-0.3, -0.25) is 0 Å². The van der Waals surface area contributed by atoms with Crippen LogP contribution in [0.1, 0.15) is 5.69 Å². The van der Waals surface area contributed by atoms with Crippen molar-refractivity contribution in [3.8, 4) is 5.69 Å². The first kappa shape index (κ1) is 14.3. The predicted molar refractivity (Wildman–Crippen MR) is 90.5 cm³/mol. The number of halogens is 2. The molecule has 0 spiro atoms. The SMILES string of the molecule is Brc1ccc(NCc2cnn(-c3ccccc3)n2)c(Br)c1. The number of nitrogens with one attached hydrogen (secondary N) is 1. The van der Waals surface area contributed by atoms with Gasteiger partial charge in [0.1, 0.15) is 5.69 Å². The van der Waals surface area contributed by atoms with E-state index in [-0.39, 0.29) is 0 Å². The quantitative estimate of drug-likeness (QED) is 0.696. The molecule has 0 fully saturated rings. The number of aromatic nitrogens is 3. The van der Waals surface area contributed by atoms with Crippen molar-refractivity contribution >= 4 is 37.5 Å². The third-order valence-electron chi connectivity index (χ3n) is 2.92. The molecule has 0 atom stereocenters. The number of rotatable bonds is 4. The maximum Gasteiger partial charge on any atom is 0.102 e. The second-order valence-electron chi connectivity index (χ2n) is 4.44. The summed E-state index contributed by atoms with van der Waals surface area (Å²) < 4.78 is 2.04. The van der Waals surface area contributed by atoms with E-state index in [0.29, 0.717) is 6.54 Å². The van der Waals surface area contributed by atoms with Crippen LogP contribution in [-0.4, -0.2) is 15.0 Å². The van der Waals surface area contributed by atoms with E-state index < -0.39 is 0 Å². The maximum atomic E-state index is 4.46. The summed E-state index contributed by atoms with van der Waals surface area (Å²) >= 11 is 6.97. The zero-order valence-electron chi connectivity index (χ0n) is 11.0. The second-order valence-corrected chi connectivity index (χ2v) is 6.21. The van der Waals surface area contributed by atoms with Crippen LogP contribution in [0.5, 0.6) is 0 Å². The van der Waals surface area contributed by atoms with Gasteiger partial charge in [-0.15, -0.1) is 0 Å². The van der Waals surface area contributed by atoms with Gasteiger partial charge in [-0.05, 0) is 46.3 Å². The first-order valence-electron chi connectivity index (χ1n) is 6.38. The zero-order valence-corrected chi connectivity index (χ0v) is 14.2. The summed E-state index contributed by atoms with van der Waals surface area (Å²) in [6, 6.07) is 15.9. The zero-order chi connectivity index (χ0) is 14.7. The number of anilines is 1. The van der Waals surface area contributed by atoms with E-state index in [1.165, 1.54) is 0 Å². The van der Waals surface area contributed by atoms with Crippen LogP contribution in [0.25, 0.3) is 5.69 Å². The molecule has 106 valence electrons. The van der Waals surface area contributed by atoms with Crippen LogP contribution < -0.4 is 5.32 Å². The summed E-state index contributed by atoms with van der Waals surface area (Å²) in [6.45, 7) is 0.618. The van der Waals surface area contributed by atoms with Crippen LogP contribution in [-0.2, 0) is 6.54 Å². The number of nitrogens with zero attached hydrogens (tertiary/aromatic N) is 3. The molecule has 1 heterocycles. The number of hydrogen-bond donors (Lipinski definition) is 1. The third kappa shape index (κ3) is 3.51. The van der Waals surface area contributed by atoms with Gasteiger partial charge in [0.2, 0.25) is 0 Å². The van der Waals surface area contributed by atoms with Gasteiger partial charge >= 0.3 is 0 Å². The Morgan fingerprint density at radius 1 is 1.05 bits per heavy atom. The molecule has 0 aliphatic carbocycles. The molecule has 0 unspecified atom stereocenters. The molecule has 2 aromatic carbocycles. The van der Waals surface area contributed by atoms with E-state index in [1.807, 2.05) is 48.5 Å². The predicted octanol–water partition coefficient (Wildman–Crippen LogP) is 4.40. The molecule has 3 aromatic rings. The minimum absolute atomic E-state index is 0.618. The van der Waals surface area contributed by atoms with Crippen LogP contribution >= 0.6 is 31.9 Å². The van der Waals surface area contributed by atoms with Crippen LogP contribution in [0.2, 0.25) is 0 Å². The summed E-state index contributed by atoms with van der Waals surface area (Å²) in [6.07, 6.45) is 1.77. The minimum Gasteiger partial charge on any atom is -0.378 e. The highest BCUT2D eigenvalue weighted by atomic mass is 79.9. The van der Waals surface area contributed by atoms with Gasteiger partial charge in [-0.2, -0.15) is 15.0 Å². The van der Waals surface area contributed by atoms with E-state index >= 15 is 0 Å². The first-order valence-corrected chi connectivity index (χ1v) is 7.96. The van der Waals surface area contributed by atoms with Crippen molar-refractivity contribution in [2.24, 2.45) is 0 Å². The van der Waals surface area contributed by atoms with Gasteiger partial charge in [0.15, 0.2) is 0 Å². The molecule has 1 aromatic heterocycles. The van der Waals surface area contributed by atoms with Gasteiger partial charge < -0.3 is 5.32 Å². The maximum absolute atomic E-state index is 4.46. The second kappa shape index (κ2) is 6.41. The molecule has 0 aliphatic rings. The van der Waals surface area contributed by atoms with Crippen molar-refractivity contribution in [1.29, 1.82) is 0 Å². The van der Waals surface area contributed by atoms with Crippen molar-refractivity contribution < 1.29 is 0 Å². The lowest BCUT2D eigenvalue weighted by Gasteiger charge is -2.07. The van der Waals surface area contributed by atoms with Gasteiger partial charge in [0, 0.05) is 14.6 Å². The van der Waals surface area contributed by atoms with E-state index in [1.54, 1.807) is 11.0 Å². The van der Waals surface area contributed by atoms with Gasteiger partial charge in [-0.1, -0.05) is 34.1 Å². The fourth-order valence-electron chi connectivity index (χ4n) is 1.88. The number of para-hydroxylation sites is 1. The number of hydrogen-bond acceptors (Lipinski definition) is 3. The highest BCUT2D eigenvalue weighted by Crippen LogP contribution is 2.26. The summed E-state index contributed by atoms with van der Waals surface area (Å²) in [5, 5.41) is 12.1. The molecule has 0 aliphatic heterocycles. The molecule has 4 nitrogen and oxygen atoms in total. The molecule has 6 heteroatoms. The average molecular weight is 408 g/mol. The average Bonchev–Trinajstić information content (AvgIpc) is 2.96. The molecule has 0 bridgehead atoms. The first-order chi connectivity index (χ1) is 10.2. The fourth-order valence-corrected chi connectivity index (χ4v) is 3.07. The Labute approximate surface area is 139 Å². The van der Waals surface area contributed by atoms with Crippen molar-refractivity contribution in [1.82, 2.24) is 15.0 Å².